The maximum absolute atomic E-state index is 12.4. The van der Waals surface area contributed by atoms with Crippen LogP contribution in [-0.2, 0) is 14.8 Å². The molecular formula is C14H18N2O4S. The molecule has 2 fully saturated rings. The highest BCUT2D eigenvalue weighted by Gasteiger charge is 2.53. The molecule has 1 saturated heterocycles. The predicted octanol–water partition coefficient (Wildman–Crippen LogP) is 0.282. The van der Waals surface area contributed by atoms with E-state index in [1.165, 1.54) is 19.1 Å². The first-order chi connectivity index (χ1) is 9.90. The number of fused-ring (bicyclic) bond motifs is 1. The zero-order valence-corrected chi connectivity index (χ0v) is 12.5. The largest absolute Gasteiger partial charge is 0.376 e. The summed E-state index contributed by atoms with van der Waals surface area (Å²) in [6.45, 7) is 2.03. The number of ether oxygens (including phenoxy) is 1. The zero-order valence-electron chi connectivity index (χ0n) is 11.7. The van der Waals surface area contributed by atoms with Gasteiger partial charge >= 0.3 is 0 Å². The Kier molecular flexibility index (Phi) is 3.61. The van der Waals surface area contributed by atoms with E-state index in [4.69, 9.17) is 10.5 Å². The molecule has 0 radical (unpaired) electrons. The monoisotopic (exact) mass is 310 g/mol. The third-order valence-electron chi connectivity index (χ3n) is 4.29. The van der Waals surface area contributed by atoms with Crippen LogP contribution < -0.4 is 10.5 Å². The van der Waals surface area contributed by atoms with Crippen molar-refractivity contribution < 1.29 is 17.9 Å². The molecule has 0 aromatic heterocycles. The maximum atomic E-state index is 12.4. The smallest absolute Gasteiger partial charge is 0.240 e. The molecule has 1 aliphatic heterocycles. The Bertz CT molecular complexity index is 673. The van der Waals surface area contributed by atoms with E-state index in [0.29, 0.717) is 12.2 Å². The Morgan fingerprint density at radius 3 is 2.90 bits per heavy atom. The zero-order chi connectivity index (χ0) is 15.2. The molecule has 0 spiro atoms. The standard InChI is InChI=1S/C14H18N2O4S/c1-8(17)9-3-2-4-10(7-9)21(18,19)16-13-12(15)11-5-6-20-14(11)13/h2-4,7,11-14,16H,5-6,15H2,1H3. The van der Waals surface area contributed by atoms with Gasteiger partial charge in [-0.05, 0) is 25.5 Å². The van der Waals surface area contributed by atoms with Gasteiger partial charge in [0.25, 0.3) is 0 Å². The summed E-state index contributed by atoms with van der Waals surface area (Å²) in [5.41, 5.74) is 6.38. The third-order valence-corrected chi connectivity index (χ3v) is 5.75. The molecule has 7 heteroatoms. The lowest BCUT2D eigenvalue weighted by Crippen LogP contribution is -2.68. The molecule has 0 bridgehead atoms. The molecule has 1 saturated carbocycles. The van der Waals surface area contributed by atoms with Gasteiger partial charge in [-0.1, -0.05) is 12.1 Å². The van der Waals surface area contributed by atoms with Crippen LogP contribution in [0, 0.1) is 5.92 Å². The van der Waals surface area contributed by atoms with Crippen molar-refractivity contribution in [3.8, 4) is 0 Å². The summed E-state index contributed by atoms with van der Waals surface area (Å²) < 4.78 is 32.9. The molecular weight excluding hydrogens is 292 g/mol. The number of carbonyl (C=O) groups excluding carboxylic acids is 1. The second-order valence-corrected chi connectivity index (χ2v) is 7.31. The van der Waals surface area contributed by atoms with E-state index in [-0.39, 0.29) is 28.7 Å². The lowest BCUT2D eigenvalue weighted by molar-refractivity contribution is -0.00924. The fourth-order valence-electron chi connectivity index (χ4n) is 3.02. The SMILES string of the molecule is CC(=O)c1cccc(S(=O)(=O)NC2C(N)C3CCOC32)c1. The molecule has 114 valence electrons. The number of sulfonamides is 1. The lowest BCUT2D eigenvalue weighted by Gasteiger charge is -2.45. The number of ketones is 1. The third kappa shape index (κ3) is 2.50. The van der Waals surface area contributed by atoms with Crippen LogP contribution in [0.5, 0.6) is 0 Å². The van der Waals surface area contributed by atoms with E-state index < -0.39 is 16.1 Å². The Labute approximate surface area is 123 Å². The lowest BCUT2D eigenvalue weighted by atomic mass is 9.73. The topological polar surface area (TPSA) is 98.5 Å². The molecule has 3 rings (SSSR count). The highest BCUT2D eigenvalue weighted by molar-refractivity contribution is 7.89. The van der Waals surface area contributed by atoms with Gasteiger partial charge in [-0.25, -0.2) is 13.1 Å². The number of hydrogen-bond acceptors (Lipinski definition) is 5. The van der Waals surface area contributed by atoms with Crippen LogP contribution in [0.15, 0.2) is 29.2 Å². The van der Waals surface area contributed by atoms with E-state index >= 15 is 0 Å². The number of carbonyl (C=O) groups is 1. The van der Waals surface area contributed by atoms with E-state index in [2.05, 4.69) is 4.72 Å². The highest BCUT2D eigenvalue weighted by atomic mass is 32.2. The van der Waals surface area contributed by atoms with Gasteiger partial charge in [-0.3, -0.25) is 4.79 Å². The van der Waals surface area contributed by atoms with Crippen molar-refractivity contribution in [3.05, 3.63) is 29.8 Å². The molecule has 4 atom stereocenters. The van der Waals surface area contributed by atoms with Crippen LogP contribution >= 0.6 is 0 Å². The van der Waals surface area contributed by atoms with Crippen molar-refractivity contribution in [1.29, 1.82) is 0 Å². The van der Waals surface area contributed by atoms with Crippen LogP contribution in [-0.4, -0.2) is 39.0 Å². The summed E-state index contributed by atoms with van der Waals surface area (Å²) >= 11 is 0. The summed E-state index contributed by atoms with van der Waals surface area (Å²) in [5.74, 6) is 0.0628. The molecule has 3 N–H and O–H groups in total. The van der Waals surface area contributed by atoms with Crippen LogP contribution in [0.1, 0.15) is 23.7 Å². The second kappa shape index (κ2) is 5.17. The van der Waals surface area contributed by atoms with E-state index in [9.17, 15) is 13.2 Å². The van der Waals surface area contributed by atoms with Gasteiger partial charge in [-0.15, -0.1) is 0 Å². The van der Waals surface area contributed by atoms with Crippen molar-refractivity contribution in [2.24, 2.45) is 11.7 Å². The van der Waals surface area contributed by atoms with Gasteiger partial charge in [0.1, 0.15) is 0 Å². The van der Waals surface area contributed by atoms with Gasteiger partial charge in [0.05, 0.1) is 17.0 Å². The molecule has 1 aromatic rings. The number of nitrogens with one attached hydrogen (secondary N) is 1. The summed E-state index contributed by atoms with van der Waals surface area (Å²) in [6, 6.07) is 5.37. The summed E-state index contributed by atoms with van der Waals surface area (Å²) in [6.07, 6.45) is 0.745. The molecule has 4 unspecified atom stereocenters. The van der Waals surface area contributed by atoms with Crippen molar-refractivity contribution in [3.63, 3.8) is 0 Å². The Balaban J connectivity index is 1.81. The number of hydrogen-bond donors (Lipinski definition) is 2. The van der Waals surface area contributed by atoms with Gasteiger partial charge in [-0.2, -0.15) is 0 Å². The number of Topliss-reactive ketones (excluding diaryl/α,β-unsaturated/α-hetero) is 1. The Morgan fingerprint density at radius 2 is 2.19 bits per heavy atom. The second-order valence-electron chi connectivity index (χ2n) is 5.60. The fourth-order valence-corrected chi connectivity index (χ4v) is 4.35. The molecule has 21 heavy (non-hydrogen) atoms. The fraction of sp³-hybridized carbons (Fsp3) is 0.500. The molecule has 1 heterocycles. The van der Waals surface area contributed by atoms with Crippen LogP contribution in [0.2, 0.25) is 0 Å². The number of rotatable bonds is 4. The molecule has 6 nitrogen and oxygen atoms in total. The van der Waals surface area contributed by atoms with E-state index in [1.807, 2.05) is 0 Å². The first-order valence-electron chi connectivity index (χ1n) is 6.91. The molecule has 1 aromatic carbocycles. The highest BCUT2D eigenvalue weighted by Crippen LogP contribution is 2.38. The maximum Gasteiger partial charge on any atom is 0.240 e. The number of nitrogens with two attached hydrogens (primary N) is 1. The van der Waals surface area contributed by atoms with E-state index in [0.717, 1.165) is 6.42 Å². The van der Waals surface area contributed by atoms with Crippen molar-refractivity contribution >= 4 is 15.8 Å². The molecule has 1 aliphatic carbocycles. The Hall–Kier alpha value is -1.28. The van der Waals surface area contributed by atoms with Crippen molar-refractivity contribution in [2.45, 2.75) is 36.4 Å². The average molecular weight is 310 g/mol. The van der Waals surface area contributed by atoms with Crippen molar-refractivity contribution in [2.75, 3.05) is 6.61 Å². The average Bonchev–Trinajstić information content (AvgIpc) is 2.90. The van der Waals surface area contributed by atoms with Gasteiger partial charge in [0, 0.05) is 24.1 Å². The molecule has 0 amide bonds. The quantitative estimate of drug-likeness (QED) is 0.779. The minimum Gasteiger partial charge on any atom is -0.376 e. The summed E-state index contributed by atoms with van der Waals surface area (Å²) in [4.78, 5) is 11.4. The van der Waals surface area contributed by atoms with Gasteiger partial charge in [0.15, 0.2) is 5.78 Å². The first kappa shape index (κ1) is 14.6. The first-order valence-corrected chi connectivity index (χ1v) is 8.39. The number of benzene rings is 1. The van der Waals surface area contributed by atoms with E-state index in [1.54, 1.807) is 12.1 Å². The minimum absolute atomic E-state index is 0.0730. The van der Waals surface area contributed by atoms with Crippen LogP contribution in [0.4, 0.5) is 0 Å². The van der Waals surface area contributed by atoms with Gasteiger partial charge < -0.3 is 10.5 Å². The van der Waals surface area contributed by atoms with Gasteiger partial charge in [0.2, 0.25) is 10.0 Å². The van der Waals surface area contributed by atoms with Crippen molar-refractivity contribution in [1.82, 2.24) is 4.72 Å². The molecule has 2 aliphatic rings. The summed E-state index contributed by atoms with van der Waals surface area (Å²) in [7, 11) is -3.71. The minimum atomic E-state index is -3.71. The predicted molar refractivity (Wildman–Crippen MR) is 76.4 cm³/mol. The van der Waals surface area contributed by atoms with Crippen LogP contribution in [0.25, 0.3) is 0 Å². The normalized spacial score (nSPS) is 31.5. The van der Waals surface area contributed by atoms with Crippen LogP contribution in [0.3, 0.4) is 0 Å². The summed E-state index contributed by atoms with van der Waals surface area (Å²) in [5, 5.41) is 0. The Morgan fingerprint density at radius 1 is 1.43 bits per heavy atom.